The second-order valence-corrected chi connectivity index (χ2v) is 7.24. The molecule has 0 atom stereocenters. The number of nitrogens with one attached hydrogen (secondary N) is 1. The maximum absolute atomic E-state index is 12.7. The third-order valence-corrected chi connectivity index (χ3v) is 4.48. The molecule has 0 aliphatic carbocycles. The third-order valence-electron chi connectivity index (χ3n) is 3.64. The van der Waals surface area contributed by atoms with Crippen molar-refractivity contribution in [2.45, 2.75) is 26.2 Å². The molecule has 118 valence electrons. The van der Waals surface area contributed by atoms with Crippen molar-refractivity contribution in [3.05, 3.63) is 51.6 Å². The molecule has 2 N–H and O–H groups in total. The summed E-state index contributed by atoms with van der Waals surface area (Å²) in [6.07, 6.45) is 1.61. The number of aromatic carboxylic acids is 1. The summed E-state index contributed by atoms with van der Waals surface area (Å²) in [5.41, 5.74) is 2.10. The average Bonchev–Trinajstić information content (AvgIpc) is 3.12. The highest BCUT2D eigenvalue weighted by atomic mass is 32.1. The molecule has 2 aromatic heterocycles. The molecule has 0 amide bonds. The van der Waals surface area contributed by atoms with Gasteiger partial charge in [0.25, 0.3) is 0 Å². The second kappa shape index (κ2) is 5.31. The number of carbonyl (C=O) groups excluding carboxylic acids is 1. The van der Waals surface area contributed by atoms with Crippen molar-refractivity contribution >= 4 is 34.0 Å². The number of rotatable bonds is 3. The largest absolute Gasteiger partial charge is 0.478 e. The van der Waals surface area contributed by atoms with E-state index in [4.69, 9.17) is 5.11 Å². The van der Waals surface area contributed by atoms with E-state index in [1.54, 1.807) is 12.3 Å². The van der Waals surface area contributed by atoms with Crippen molar-refractivity contribution in [2.75, 3.05) is 0 Å². The van der Waals surface area contributed by atoms with Gasteiger partial charge in [0.1, 0.15) is 0 Å². The minimum atomic E-state index is -0.996. The molecule has 23 heavy (non-hydrogen) atoms. The topological polar surface area (TPSA) is 83.0 Å². The number of benzene rings is 1. The van der Waals surface area contributed by atoms with Crippen LogP contribution >= 0.6 is 11.3 Å². The number of carboxylic acids is 1. The Hall–Kier alpha value is -2.47. The number of hydrogen-bond donors (Lipinski definition) is 2. The van der Waals surface area contributed by atoms with Crippen molar-refractivity contribution in [3.63, 3.8) is 0 Å². The lowest BCUT2D eigenvalue weighted by atomic mass is 9.93. The summed E-state index contributed by atoms with van der Waals surface area (Å²) < 4.78 is 0. The van der Waals surface area contributed by atoms with Gasteiger partial charge in [-0.1, -0.05) is 26.8 Å². The second-order valence-electron chi connectivity index (χ2n) is 6.38. The van der Waals surface area contributed by atoms with Crippen LogP contribution in [0.25, 0.3) is 10.9 Å². The number of aromatic nitrogens is 2. The van der Waals surface area contributed by atoms with Gasteiger partial charge in [-0.15, -0.1) is 11.3 Å². The summed E-state index contributed by atoms with van der Waals surface area (Å²) >= 11 is 1.33. The lowest BCUT2D eigenvalue weighted by Crippen LogP contribution is -2.12. The summed E-state index contributed by atoms with van der Waals surface area (Å²) in [6, 6.07) is 4.68. The van der Waals surface area contributed by atoms with Gasteiger partial charge in [-0.05, 0) is 12.1 Å². The van der Waals surface area contributed by atoms with E-state index in [1.165, 1.54) is 23.5 Å². The van der Waals surface area contributed by atoms with Crippen molar-refractivity contribution < 1.29 is 14.7 Å². The van der Waals surface area contributed by atoms with Gasteiger partial charge < -0.3 is 10.1 Å². The van der Waals surface area contributed by atoms with Crippen LogP contribution in [0.3, 0.4) is 0 Å². The highest BCUT2D eigenvalue weighted by molar-refractivity contribution is 7.12. The number of thiazole rings is 1. The summed E-state index contributed by atoms with van der Waals surface area (Å²) in [6.45, 7) is 6.15. The van der Waals surface area contributed by atoms with Gasteiger partial charge in [0.05, 0.1) is 16.8 Å². The Balaban J connectivity index is 2.01. The first-order chi connectivity index (χ1) is 10.8. The first kappa shape index (κ1) is 15.4. The number of hydrogen-bond acceptors (Lipinski definition) is 4. The summed E-state index contributed by atoms with van der Waals surface area (Å²) in [5.74, 6) is -1.15. The van der Waals surface area contributed by atoms with E-state index >= 15 is 0 Å². The molecule has 0 aliphatic rings. The number of H-pyrrole nitrogens is 1. The van der Waals surface area contributed by atoms with Gasteiger partial charge in [-0.3, -0.25) is 4.79 Å². The monoisotopic (exact) mass is 328 g/mol. The first-order valence-electron chi connectivity index (χ1n) is 7.12. The molecule has 0 aliphatic heterocycles. The van der Waals surface area contributed by atoms with Crippen LogP contribution in [0.15, 0.2) is 29.8 Å². The fraction of sp³-hybridized carbons (Fsp3) is 0.235. The predicted octanol–water partition coefficient (Wildman–Crippen LogP) is 3.85. The van der Waals surface area contributed by atoms with Gasteiger partial charge in [-0.2, -0.15) is 0 Å². The van der Waals surface area contributed by atoms with Crippen molar-refractivity contribution in [2.24, 2.45) is 0 Å². The maximum atomic E-state index is 12.7. The standard InChI is InChI=1S/C17H16N2O3S/c1-17(2,3)13-8-23-15(19-13)14(20)11-7-18-12-6-9(16(21)22)4-5-10(11)12/h4-8,18H,1-3H3,(H,21,22). The molecule has 0 radical (unpaired) electrons. The number of carboxylic acid groups (broad SMARTS) is 1. The van der Waals surface area contributed by atoms with E-state index in [1.807, 2.05) is 5.38 Å². The predicted molar refractivity (Wildman–Crippen MR) is 89.5 cm³/mol. The van der Waals surface area contributed by atoms with Crippen molar-refractivity contribution in [1.82, 2.24) is 9.97 Å². The number of ketones is 1. The van der Waals surface area contributed by atoms with Gasteiger partial charge in [0, 0.05) is 27.9 Å². The fourth-order valence-electron chi connectivity index (χ4n) is 2.28. The molecule has 5 nitrogen and oxygen atoms in total. The number of aromatic amines is 1. The number of fused-ring (bicyclic) bond motifs is 1. The summed E-state index contributed by atoms with van der Waals surface area (Å²) in [4.78, 5) is 31.1. The highest BCUT2D eigenvalue weighted by Crippen LogP contribution is 2.27. The molecule has 1 aromatic carbocycles. The molecule has 0 unspecified atom stereocenters. The van der Waals surface area contributed by atoms with Crippen LogP contribution in [0, 0.1) is 0 Å². The molecular weight excluding hydrogens is 312 g/mol. The van der Waals surface area contributed by atoms with Crippen LogP contribution in [0.4, 0.5) is 0 Å². The van der Waals surface area contributed by atoms with Crippen LogP contribution in [0.2, 0.25) is 0 Å². The molecule has 0 saturated carbocycles. The Labute approximate surface area is 137 Å². The van der Waals surface area contributed by atoms with Crippen molar-refractivity contribution in [1.29, 1.82) is 0 Å². The lowest BCUT2D eigenvalue weighted by Gasteiger charge is -2.14. The lowest BCUT2D eigenvalue weighted by molar-refractivity contribution is 0.0697. The van der Waals surface area contributed by atoms with Gasteiger partial charge >= 0.3 is 5.97 Å². The maximum Gasteiger partial charge on any atom is 0.335 e. The molecular formula is C17H16N2O3S. The minimum Gasteiger partial charge on any atom is -0.478 e. The Morgan fingerprint density at radius 1 is 1.26 bits per heavy atom. The van der Waals surface area contributed by atoms with Crippen LogP contribution in [0.1, 0.15) is 52.2 Å². The van der Waals surface area contributed by atoms with Gasteiger partial charge in [0.2, 0.25) is 5.78 Å². The van der Waals surface area contributed by atoms with E-state index < -0.39 is 5.97 Å². The first-order valence-corrected chi connectivity index (χ1v) is 8.00. The van der Waals surface area contributed by atoms with E-state index in [2.05, 4.69) is 30.7 Å². The molecule has 2 heterocycles. The molecule has 3 rings (SSSR count). The van der Waals surface area contributed by atoms with Crippen LogP contribution in [-0.4, -0.2) is 26.8 Å². The molecule has 6 heteroatoms. The summed E-state index contributed by atoms with van der Waals surface area (Å²) in [7, 11) is 0. The van der Waals surface area contributed by atoms with E-state index in [-0.39, 0.29) is 16.8 Å². The molecule has 3 aromatic rings. The highest BCUT2D eigenvalue weighted by Gasteiger charge is 2.22. The molecule has 0 spiro atoms. The zero-order chi connectivity index (χ0) is 16.8. The third kappa shape index (κ3) is 2.77. The smallest absolute Gasteiger partial charge is 0.335 e. The van der Waals surface area contributed by atoms with Crippen LogP contribution in [0.5, 0.6) is 0 Å². The van der Waals surface area contributed by atoms with E-state index in [9.17, 15) is 9.59 Å². The summed E-state index contributed by atoms with van der Waals surface area (Å²) in [5, 5.41) is 12.1. The van der Waals surface area contributed by atoms with Crippen LogP contribution in [-0.2, 0) is 5.41 Å². The van der Waals surface area contributed by atoms with E-state index in [0.717, 1.165) is 5.69 Å². The molecule has 0 fully saturated rings. The van der Waals surface area contributed by atoms with Gasteiger partial charge in [0.15, 0.2) is 5.01 Å². The Morgan fingerprint density at radius 3 is 2.61 bits per heavy atom. The zero-order valence-electron chi connectivity index (χ0n) is 13.0. The Kier molecular flexibility index (Phi) is 3.56. The Morgan fingerprint density at radius 2 is 2.00 bits per heavy atom. The number of carbonyl (C=O) groups is 2. The zero-order valence-corrected chi connectivity index (χ0v) is 13.8. The minimum absolute atomic E-state index is 0.106. The Bertz CT molecular complexity index is 915. The quantitative estimate of drug-likeness (QED) is 0.715. The SMILES string of the molecule is CC(C)(C)c1csc(C(=O)c2c[nH]c3cc(C(=O)O)ccc23)n1. The normalized spacial score (nSPS) is 11.8. The average molecular weight is 328 g/mol. The van der Waals surface area contributed by atoms with Crippen LogP contribution < -0.4 is 0 Å². The fourth-order valence-corrected chi connectivity index (χ4v) is 3.28. The van der Waals surface area contributed by atoms with Crippen molar-refractivity contribution in [3.8, 4) is 0 Å². The number of nitrogens with zero attached hydrogens (tertiary/aromatic N) is 1. The molecule has 0 saturated heterocycles. The van der Waals surface area contributed by atoms with Gasteiger partial charge in [-0.25, -0.2) is 9.78 Å². The van der Waals surface area contributed by atoms with E-state index in [0.29, 0.717) is 21.5 Å². The molecule has 0 bridgehead atoms.